The summed E-state index contributed by atoms with van der Waals surface area (Å²) in [5.74, 6) is -0.747. The first kappa shape index (κ1) is 15.5. The molecule has 0 N–H and O–H groups in total. The zero-order chi connectivity index (χ0) is 16.6. The van der Waals surface area contributed by atoms with Crippen LogP contribution in [0.3, 0.4) is 0 Å². The Morgan fingerprint density at radius 3 is 2.83 bits per heavy atom. The molecule has 2 heterocycles. The number of hydrogen-bond donors (Lipinski definition) is 0. The van der Waals surface area contributed by atoms with Crippen molar-refractivity contribution in [2.75, 3.05) is 0 Å². The SMILES string of the molecule is Cc1cc(Cn2c(Cc3c(F)cccc3Cl)noc2=O)n(C)n1. The summed E-state index contributed by atoms with van der Waals surface area (Å²) in [4.78, 5) is 11.9. The van der Waals surface area contributed by atoms with Crippen LogP contribution < -0.4 is 5.76 Å². The van der Waals surface area contributed by atoms with Crippen LogP contribution in [0.25, 0.3) is 0 Å². The minimum Gasteiger partial charge on any atom is -0.296 e. The summed E-state index contributed by atoms with van der Waals surface area (Å²) in [7, 11) is 1.79. The summed E-state index contributed by atoms with van der Waals surface area (Å²) >= 11 is 6.03. The van der Waals surface area contributed by atoms with Crippen molar-refractivity contribution in [2.24, 2.45) is 7.05 Å². The van der Waals surface area contributed by atoms with Gasteiger partial charge in [0.15, 0.2) is 5.82 Å². The first-order valence-electron chi connectivity index (χ1n) is 6.93. The highest BCUT2D eigenvalue weighted by Gasteiger charge is 2.17. The van der Waals surface area contributed by atoms with Crippen molar-refractivity contribution in [3.63, 3.8) is 0 Å². The maximum Gasteiger partial charge on any atom is 0.441 e. The molecule has 0 atom stereocenters. The summed E-state index contributed by atoms with van der Waals surface area (Å²) in [6, 6.07) is 6.29. The van der Waals surface area contributed by atoms with Crippen LogP contribution in [0, 0.1) is 12.7 Å². The van der Waals surface area contributed by atoms with Crippen molar-refractivity contribution in [2.45, 2.75) is 19.9 Å². The predicted molar refractivity (Wildman–Crippen MR) is 82.0 cm³/mol. The Labute approximate surface area is 136 Å². The molecule has 0 amide bonds. The predicted octanol–water partition coefficient (Wildman–Crippen LogP) is 2.31. The van der Waals surface area contributed by atoms with E-state index >= 15 is 0 Å². The van der Waals surface area contributed by atoms with Crippen LogP contribution in [0.2, 0.25) is 5.02 Å². The number of aromatic nitrogens is 4. The quantitative estimate of drug-likeness (QED) is 0.733. The van der Waals surface area contributed by atoms with Gasteiger partial charge in [-0.2, -0.15) is 5.10 Å². The van der Waals surface area contributed by atoms with Gasteiger partial charge < -0.3 is 0 Å². The molecule has 23 heavy (non-hydrogen) atoms. The lowest BCUT2D eigenvalue weighted by molar-refractivity contribution is 0.374. The van der Waals surface area contributed by atoms with Crippen LogP contribution in [0.5, 0.6) is 0 Å². The standard InChI is InChI=1S/C15H14ClFN4O2/c1-9-6-10(20(2)18-9)8-21-14(19-23-15(21)22)7-11-12(16)4-3-5-13(11)17/h3-6H,7-8H2,1-2H3. The zero-order valence-corrected chi connectivity index (χ0v) is 13.3. The van der Waals surface area contributed by atoms with Crippen LogP contribution in [-0.4, -0.2) is 19.5 Å². The first-order chi connectivity index (χ1) is 11.0. The molecule has 8 heteroatoms. The van der Waals surface area contributed by atoms with Crippen molar-refractivity contribution in [1.82, 2.24) is 19.5 Å². The van der Waals surface area contributed by atoms with Gasteiger partial charge in [0.25, 0.3) is 0 Å². The van der Waals surface area contributed by atoms with Gasteiger partial charge in [0.1, 0.15) is 5.82 Å². The third-order valence-corrected chi connectivity index (χ3v) is 3.93. The van der Waals surface area contributed by atoms with Gasteiger partial charge in [0.2, 0.25) is 0 Å². The Morgan fingerprint density at radius 1 is 1.39 bits per heavy atom. The van der Waals surface area contributed by atoms with E-state index in [4.69, 9.17) is 16.1 Å². The highest BCUT2D eigenvalue weighted by Crippen LogP contribution is 2.21. The summed E-state index contributed by atoms with van der Waals surface area (Å²) in [5.41, 5.74) is 1.93. The lowest BCUT2D eigenvalue weighted by atomic mass is 10.1. The molecule has 0 radical (unpaired) electrons. The van der Waals surface area contributed by atoms with E-state index in [1.807, 2.05) is 13.0 Å². The number of hydrogen-bond acceptors (Lipinski definition) is 4. The Kier molecular flexibility index (Phi) is 4.04. The normalized spacial score (nSPS) is 11.1. The van der Waals surface area contributed by atoms with Gasteiger partial charge in [-0.25, -0.2) is 9.18 Å². The van der Waals surface area contributed by atoms with Gasteiger partial charge in [0.05, 0.1) is 17.9 Å². The highest BCUT2D eigenvalue weighted by molar-refractivity contribution is 6.31. The van der Waals surface area contributed by atoms with E-state index in [9.17, 15) is 9.18 Å². The third-order valence-electron chi connectivity index (χ3n) is 3.58. The van der Waals surface area contributed by atoms with Crippen LogP contribution >= 0.6 is 11.6 Å². The molecule has 0 bridgehead atoms. The summed E-state index contributed by atoms with van der Waals surface area (Å²) in [6.45, 7) is 2.10. The zero-order valence-electron chi connectivity index (χ0n) is 12.6. The summed E-state index contributed by atoms with van der Waals surface area (Å²) in [6.07, 6.45) is 0.0636. The summed E-state index contributed by atoms with van der Waals surface area (Å²) < 4.78 is 21.7. The average molecular weight is 337 g/mol. The topological polar surface area (TPSA) is 65.8 Å². The van der Waals surface area contributed by atoms with Crippen molar-refractivity contribution in [1.29, 1.82) is 0 Å². The Hall–Kier alpha value is -2.41. The number of aryl methyl sites for hydroxylation is 2. The van der Waals surface area contributed by atoms with Crippen molar-refractivity contribution in [3.05, 3.63) is 68.4 Å². The van der Waals surface area contributed by atoms with E-state index in [0.29, 0.717) is 5.82 Å². The molecule has 120 valence electrons. The summed E-state index contributed by atoms with van der Waals surface area (Å²) in [5, 5.41) is 8.26. The Morgan fingerprint density at radius 2 is 2.17 bits per heavy atom. The molecule has 3 aromatic rings. The van der Waals surface area contributed by atoms with Crippen molar-refractivity contribution < 1.29 is 8.91 Å². The second-order valence-electron chi connectivity index (χ2n) is 5.23. The maximum absolute atomic E-state index is 13.9. The van der Waals surface area contributed by atoms with Gasteiger partial charge >= 0.3 is 5.76 Å². The van der Waals surface area contributed by atoms with Gasteiger partial charge in [0, 0.05) is 24.1 Å². The molecule has 0 fully saturated rings. The molecule has 3 rings (SSSR count). The first-order valence-corrected chi connectivity index (χ1v) is 7.31. The van der Waals surface area contributed by atoms with Crippen LogP contribution in [-0.2, 0) is 20.0 Å². The molecule has 0 aliphatic rings. The Balaban J connectivity index is 1.96. The van der Waals surface area contributed by atoms with E-state index in [0.717, 1.165) is 11.4 Å². The average Bonchev–Trinajstić information content (AvgIpc) is 2.99. The van der Waals surface area contributed by atoms with E-state index in [2.05, 4.69) is 10.3 Å². The Bertz CT molecular complexity index is 892. The van der Waals surface area contributed by atoms with Crippen LogP contribution in [0.15, 0.2) is 33.6 Å². The van der Waals surface area contributed by atoms with Gasteiger partial charge in [-0.05, 0) is 25.1 Å². The number of nitrogens with zero attached hydrogens (tertiary/aromatic N) is 4. The number of benzene rings is 1. The van der Waals surface area contributed by atoms with Crippen molar-refractivity contribution in [3.8, 4) is 0 Å². The second-order valence-corrected chi connectivity index (χ2v) is 5.64. The largest absolute Gasteiger partial charge is 0.441 e. The number of rotatable bonds is 4. The molecule has 0 aliphatic heterocycles. The number of halogens is 2. The minimum atomic E-state index is -0.605. The van der Waals surface area contributed by atoms with Gasteiger partial charge in [-0.15, -0.1) is 0 Å². The van der Waals surface area contributed by atoms with Crippen LogP contribution in [0.4, 0.5) is 4.39 Å². The molecule has 2 aromatic heterocycles. The molecule has 0 unspecified atom stereocenters. The lowest BCUT2D eigenvalue weighted by Gasteiger charge is -2.07. The molecule has 0 spiro atoms. The molecule has 0 aliphatic carbocycles. The van der Waals surface area contributed by atoms with E-state index in [1.54, 1.807) is 17.8 Å². The molecular formula is C15H14ClFN4O2. The second kappa shape index (κ2) is 6.00. The fourth-order valence-corrected chi connectivity index (χ4v) is 2.64. The fraction of sp³-hybridized carbons (Fsp3) is 0.267. The molecule has 0 saturated carbocycles. The molecule has 6 nitrogen and oxygen atoms in total. The smallest absolute Gasteiger partial charge is 0.296 e. The van der Waals surface area contributed by atoms with E-state index in [1.165, 1.54) is 16.7 Å². The lowest BCUT2D eigenvalue weighted by Crippen LogP contribution is -2.20. The third kappa shape index (κ3) is 3.05. The van der Waals surface area contributed by atoms with Gasteiger partial charge in [-0.1, -0.05) is 22.8 Å². The highest BCUT2D eigenvalue weighted by atomic mass is 35.5. The molecule has 0 saturated heterocycles. The van der Waals surface area contributed by atoms with Gasteiger partial charge in [-0.3, -0.25) is 13.8 Å². The minimum absolute atomic E-state index is 0.0636. The fourth-order valence-electron chi connectivity index (χ4n) is 2.41. The van der Waals surface area contributed by atoms with E-state index in [-0.39, 0.29) is 23.6 Å². The molecular weight excluding hydrogens is 323 g/mol. The van der Waals surface area contributed by atoms with Crippen LogP contribution in [0.1, 0.15) is 22.8 Å². The van der Waals surface area contributed by atoms with E-state index < -0.39 is 11.6 Å². The van der Waals surface area contributed by atoms with Crippen molar-refractivity contribution >= 4 is 11.6 Å². The molecule has 1 aromatic carbocycles. The maximum atomic E-state index is 13.9. The monoisotopic (exact) mass is 336 g/mol.